The van der Waals surface area contributed by atoms with Crippen LogP contribution in [-0.2, 0) is 0 Å². The molecule has 234 valence electrons. The quantitative estimate of drug-likeness (QED) is 0.180. The maximum Gasteiger partial charge on any atom is 0.136 e. The fourth-order valence-corrected chi connectivity index (χ4v) is 8.53. The summed E-state index contributed by atoms with van der Waals surface area (Å²) in [6, 6.07) is 65.7. The maximum absolute atomic E-state index is 6.52. The summed E-state index contributed by atoms with van der Waals surface area (Å²) in [6.45, 7) is 0. The Labute approximate surface area is 294 Å². The van der Waals surface area contributed by atoms with Gasteiger partial charge in [-0.2, -0.15) is 0 Å². The highest BCUT2D eigenvalue weighted by atomic mass is 32.1. The number of rotatable bonds is 5. The van der Waals surface area contributed by atoms with Crippen molar-refractivity contribution in [3.63, 3.8) is 0 Å². The molecule has 2 aromatic heterocycles. The molecule has 10 rings (SSSR count). The van der Waals surface area contributed by atoms with Gasteiger partial charge in [-0.3, -0.25) is 0 Å². The van der Waals surface area contributed by atoms with Crippen molar-refractivity contribution in [2.24, 2.45) is 0 Å². The monoisotopic (exact) mass is 654 g/mol. The summed E-state index contributed by atoms with van der Waals surface area (Å²) < 4.78 is 9.14. The lowest BCUT2D eigenvalue weighted by Crippen LogP contribution is -1.88. The van der Waals surface area contributed by atoms with Crippen molar-refractivity contribution in [1.82, 2.24) is 0 Å². The van der Waals surface area contributed by atoms with E-state index in [0.717, 1.165) is 33.1 Å². The Balaban J connectivity index is 1.09. The number of benzene rings is 8. The molecule has 0 N–H and O–H groups in total. The fourth-order valence-electron chi connectivity index (χ4n) is 7.45. The highest BCUT2D eigenvalue weighted by Crippen LogP contribution is 2.43. The number of furan rings is 1. The van der Waals surface area contributed by atoms with Gasteiger partial charge in [0.2, 0.25) is 0 Å². The minimum atomic E-state index is 0.905. The summed E-state index contributed by atoms with van der Waals surface area (Å²) in [4.78, 5) is 0. The van der Waals surface area contributed by atoms with Gasteiger partial charge in [0.25, 0.3) is 0 Å². The minimum Gasteiger partial charge on any atom is -0.456 e. The molecule has 2 heteroatoms. The Bertz CT molecular complexity index is 2840. The van der Waals surface area contributed by atoms with Crippen molar-refractivity contribution in [2.45, 2.75) is 0 Å². The number of thiophene rings is 1. The summed E-state index contributed by atoms with van der Waals surface area (Å²) in [7, 11) is 0. The van der Waals surface area contributed by atoms with Crippen LogP contribution < -0.4 is 0 Å². The molecule has 0 radical (unpaired) electrons. The van der Waals surface area contributed by atoms with E-state index in [2.05, 4.69) is 176 Å². The van der Waals surface area contributed by atoms with E-state index in [9.17, 15) is 0 Å². The van der Waals surface area contributed by atoms with Crippen LogP contribution in [0.25, 0.3) is 97.7 Å². The molecule has 0 aliphatic rings. The number of hydrogen-bond donors (Lipinski definition) is 0. The van der Waals surface area contributed by atoms with E-state index in [1.54, 1.807) is 0 Å². The third-order valence-corrected chi connectivity index (χ3v) is 11.1. The smallest absolute Gasteiger partial charge is 0.136 e. The molecule has 8 aromatic carbocycles. The Kier molecular flexibility index (Phi) is 6.75. The van der Waals surface area contributed by atoms with Crippen LogP contribution in [0.2, 0.25) is 0 Å². The van der Waals surface area contributed by atoms with Crippen LogP contribution in [0.4, 0.5) is 0 Å². The van der Waals surface area contributed by atoms with Gasteiger partial charge in [-0.1, -0.05) is 140 Å². The Hall–Kier alpha value is -6.22. The molecule has 0 fully saturated rings. The van der Waals surface area contributed by atoms with E-state index < -0.39 is 0 Å². The molecular formula is C48H30OS. The van der Waals surface area contributed by atoms with Crippen molar-refractivity contribution in [3.05, 3.63) is 182 Å². The Morgan fingerprint density at radius 2 is 0.880 bits per heavy atom. The van der Waals surface area contributed by atoms with Gasteiger partial charge >= 0.3 is 0 Å². The molecule has 10 aromatic rings. The van der Waals surface area contributed by atoms with E-state index in [-0.39, 0.29) is 0 Å². The van der Waals surface area contributed by atoms with Crippen LogP contribution in [0.3, 0.4) is 0 Å². The maximum atomic E-state index is 6.52. The molecule has 0 spiro atoms. The van der Waals surface area contributed by atoms with E-state index in [1.165, 1.54) is 64.7 Å². The molecular weight excluding hydrogens is 625 g/mol. The summed E-state index contributed by atoms with van der Waals surface area (Å²) in [6.07, 6.45) is 0. The third-order valence-electron chi connectivity index (χ3n) is 9.91. The highest BCUT2D eigenvalue weighted by Gasteiger charge is 2.17. The fraction of sp³-hybridized carbons (Fsp3) is 0. The molecule has 0 amide bonds. The molecule has 0 atom stereocenters. The van der Waals surface area contributed by atoms with Crippen LogP contribution in [0.15, 0.2) is 186 Å². The van der Waals surface area contributed by atoms with Crippen molar-refractivity contribution in [3.8, 4) is 55.6 Å². The summed E-state index contributed by atoms with van der Waals surface area (Å²) in [5, 5.41) is 4.91. The topological polar surface area (TPSA) is 13.1 Å². The van der Waals surface area contributed by atoms with Gasteiger partial charge in [-0.25, -0.2) is 0 Å². The van der Waals surface area contributed by atoms with Crippen molar-refractivity contribution in [1.29, 1.82) is 0 Å². The van der Waals surface area contributed by atoms with Crippen LogP contribution in [0.1, 0.15) is 0 Å². The molecule has 0 saturated carbocycles. The molecule has 50 heavy (non-hydrogen) atoms. The van der Waals surface area contributed by atoms with Crippen molar-refractivity contribution >= 4 is 53.4 Å². The summed E-state index contributed by atoms with van der Waals surface area (Å²) >= 11 is 1.85. The van der Waals surface area contributed by atoms with Crippen LogP contribution in [0.5, 0.6) is 0 Å². The normalized spacial score (nSPS) is 11.6. The van der Waals surface area contributed by atoms with E-state index in [0.29, 0.717) is 0 Å². The average Bonchev–Trinajstić information content (AvgIpc) is 3.76. The first kappa shape index (κ1) is 28.8. The third kappa shape index (κ3) is 4.84. The predicted octanol–water partition coefficient (Wildman–Crippen LogP) is 14.3. The Morgan fingerprint density at radius 1 is 0.300 bits per heavy atom. The second-order valence-corrected chi connectivity index (χ2v) is 14.0. The molecule has 0 aliphatic heterocycles. The van der Waals surface area contributed by atoms with Gasteiger partial charge in [0, 0.05) is 30.9 Å². The second kappa shape index (κ2) is 11.7. The standard InChI is InChI=1S/C48H30OS/c1-3-11-33(12-4-1)38-25-23-35(27-41(38)34-13-5-2-6-14-34)31-19-21-32(22-20-31)37-29-42(48-40-16-7-9-17-44(40)49-45(48)30-37)36-24-26-47-43(28-36)39-15-8-10-18-46(39)50-47/h1-30H. The van der Waals surface area contributed by atoms with Crippen molar-refractivity contribution < 1.29 is 4.42 Å². The molecule has 0 aliphatic carbocycles. The lowest BCUT2D eigenvalue weighted by atomic mass is 9.90. The number of hydrogen-bond acceptors (Lipinski definition) is 2. The van der Waals surface area contributed by atoms with Gasteiger partial charge in [0.1, 0.15) is 11.2 Å². The van der Waals surface area contributed by atoms with Gasteiger partial charge in [-0.15, -0.1) is 11.3 Å². The zero-order valence-corrected chi connectivity index (χ0v) is 28.0. The van der Waals surface area contributed by atoms with Gasteiger partial charge in [-0.05, 0) is 98.1 Å². The number of para-hydroxylation sites is 1. The van der Waals surface area contributed by atoms with E-state index in [1.807, 2.05) is 17.4 Å². The largest absolute Gasteiger partial charge is 0.456 e. The zero-order valence-electron chi connectivity index (χ0n) is 27.1. The first-order valence-corrected chi connectivity index (χ1v) is 17.8. The SMILES string of the molecule is c1ccc(-c2ccc(-c3ccc(-c4cc(-c5ccc6sc7ccccc7c6c5)c5c(c4)oc4ccccc45)cc3)cc2-c2ccccc2)cc1. The summed E-state index contributed by atoms with van der Waals surface area (Å²) in [5.74, 6) is 0. The number of fused-ring (bicyclic) bond motifs is 6. The Morgan fingerprint density at radius 3 is 1.66 bits per heavy atom. The first-order chi connectivity index (χ1) is 24.8. The zero-order chi connectivity index (χ0) is 33.0. The van der Waals surface area contributed by atoms with Crippen LogP contribution in [-0.4, -0.2) is 0 Å². The van der Waals surface area contributed by atoms with Gasteiger partial charge in [0.05, 0.1) is 0 Å². The molecule has 2 heterocycles. The minimum absolute atomic E-state index is 0.905. The average molecular weight is 655 g/mol. The lowest BCUT2D eigenvalue weighted by Gasteiger charge is -2.14. The van der Waals surface area contributed by atoms with E-state index >= 15 is 0 Å². The molecule has 0 saturated heterocycles. The van der Waals surface area contributed by atoms with Crippen LogP contribution in [0, 0.1) is 0 Å². The lowest BCUT2D eigenvalue weighted by molar-refractivity contribution is 0.669. The van der Waals surface area contributed by atoms with Crippen molar-refractivity contribution in [2.75, 3.05) is 0 Å². The second-order valence-electron chi connectivity index (χ2n) is 12.9. The molecule has 0 bridgehead atoms. The predicted molar refractivity (Wildman–Crippen MR) is 214 cm³/mol. The van der Waals surface area contributed by atoms with E-state index in [4.69, 9.17) is 4.42 Å². The molecule has 0 unspecified atom stereocenters. The van der Waals surface area contributed by atoms with Crippen LogP contribution >= 0.6 is 11.3 Å². The highest BCUT2D eigenvalue weighted by molar-refractivity contribution is 7.25. The first-order valence-electron chi connectivity index (χ1n) is 17.0. The van der Waals surface area contributed by atoms with Gasteiger partial charge < -0.3 is 4.42 Å². The summed E-state index contributed by atoms with van der Waals surface area (Å²) in [5.41, 5.74) is 13.8. The van der Waals surface area contributed by atoms with Gasteiger partial charge in [0.15, 0.2) is 0 Å². The molecule has 1 nitrogen and oxygen atoms in total.